The number of para-hydroxylation sites is 3. The van der Waals surface area contributed by atoms with Gasteiger partial charge in [0.1, 0.15) is 17.1 Å². The van der Waals surface area contributed by atoms with Gasteiger partial charge in [0.05, 0.1) is 11.4 Å². The van der Waals surface area contributed by atoms with Crippen LogP contribution in [0.25, 0.3) is 77.2 Å². The molecule has 0 spiro atoms. The molecule has 4 heteroatoms. The molecule has 0 N–H and O–H groups in total. The third kappa shape index (κ3) is 7.26. The molecular formula is C65H46BNO2. The maximum absolute atomic E-state index is 6.83. The van der Waals surface area contributed by atoms with Gasteiger partial charge in [-0.05, 0) is 87.3 Å². The summed E-state index contributed by atoms with van der Waals surface area (Å²) in [6, 6.07) is 91.1. The second-order valence-electron chi connectivity index (χ2n) is 17.5. The number of anilines is 3. The van der Waals surface area contributed by atoms with Crippen LogP contribution in [0.1, 0.15) is 7.43 Å². The number of fused-ring (bicyclic) bond motifs is 5. The predicted molar refractivity (Wildman–Crippen MR) is 292 cm³/mol. The van der Waals surface area contributed by atoms with Crippen LogP contribution in [0.15, 0.2) is 259 Å². The number of ether oxygens (including phenoxy) is 1. The van der Waals surface area contributed by atoms with E-state index >= 15 is 0 Å². The molecule has 0 saturated heterocycles. The van der Waals surface area contributed by atoms with Crippen LogP contribution in [-0.4, -0.2) is 6.71 Å². The van der Waals surface area contributed by atoms with E-state index in [4.69, 9.17) is 9.15 Å². The van der Waals surface area contributed by atoms with Gasteiger partial charge in [-0.2, -0.15) is 0 Å². The van der Waals surface area contributed by atoms with Crippen molar-refractivity contribution in [3.8, 4) is 56.0 Å². The molecule has 1 aliphatic heterocycles. The largest absolute Gasteiger partial charge is 0.456 e. The zero-order valence-electron chi connectivity index (χ0n) is 37.1. The van der Waals surface area contributed by atoms with Crippen LogP contribution in [0.4, 0.5) is 17.1 Å². The van der Waals surface area contributed by atoms with Crippen molar-refractivity contribution in [2.24, 2.45) is 0 Å². The number of furan rings is 1. The first-order valence-electron chi connectivity index (χ1n) is 23.3. The molecule has 0 radical (unpaired) electrons. The SMILES string of the molecule is C.c1ccc(B(c2ccccc2)c2ccc(-c3ccc4c5c(cccc35)Oc3cc(-c5ccc(N(c6ccccc6-c6ccccc6)c6cccc7c6oc6ccccc67)cc5)ccc3-4)cc2)cc1. The number of nitrogens with zero attached hydrogens (tertiary/aromatic N) is 1. The fourth-order valence-electron chi connectivity index (χ4n) is 10.4. The fraction of sp³-hybridized carbons (Fsp3) is 0.0154. The van der Waals surface area contributed by atoms with Crippen molar-refractivity contribution in [1.29, 1.82) is 0 Å². The Morgan fingerprint density at radius 3 is 1.65 bits per heavy atom. The highest BCUT2D eigenvalue weighted by atomic mass is 16.5. The molecule has 0 amide bonds. The summed E-state index contributed by atoms with van der Waals surface area (Å²) in [6.07, 6.45) is 0. The minimum Gasteiger partial charge on any atom is -0.456 e. The molecule has 326 valence electrons. The number of benzene rings is 11. The Bertz CT molecular complexity index is 3770. The minimum absolute atomic E-state index is 0. The summed E-state index contributed by atoms with van der Waals surface area (Å²) >= 11 is 0. The Hall–Kier alpha value is -8.86. The van der Waals surface area contributed by atoms with E-state index in [1.54, 1.807) is 0 Å². The Balaban J connectivity index is 0.00000492. The molecule has 0 aliphatic carbocycles. The van der Waals surface area contributed by atoms with Crippen molar-refractivity contribution in [2.45, 2.75) is 7.43 Å². The van der Waals surface area contributed by atoms with Gasteiger partial charge in [-0.1, -0.05) is 230 Å². The molecule has 13 rings (SSSR count). The highest BCUT2D eigenvalue weighted by Crippen LogP contribution is 2.50. The van der Waals surface area contributed by atoms with E-state index in [1.807, 2.05) is 12.1 Å². The summed E-state index contributed by atoms with van der Waals surface area (Å²) in [5, 5.41) is 4.51. The summed E-state index contributed by atoms with van der Waals surface area (Å²) < 4.78 is 13.5. The smallest absolute Gasteiger partial charge is 0.241 e. The molecule has 0 saturated carbocycles. The van der Waals surface area contributed by atoms with Crippen LogP contribution in [-0.2, 0) is 0 Å². The summed E-state index contributed by atoms with van der Waals surface area (Å²) in [6.45, 7) is 0.150. The molecule has 1 aliphatic rings. The molecule has 69 heavy (non-hydrogen) atoms. The normalized spacial score (nSPS) is 11.5. The maximum atomic E-state index is 6.83. The molecule has 0 atom stereocenters. The summed E-state index contributed by atoms with van der Waals surface area (Å²) in [5.74, 6) is 1.73. The second kappa shape index (κ2) is 17.4. The zero-order valence-corrected chi connectivity index (χ0v) is 37.1. The first-order valence-corrected chi connectivity index (χ1v) is 23.3. The Labute approximate surface area is 403 Å². The van der Waals surface area contributed by atoms with Gasteiger partial charge in [0, 0.05) is 33.0 Å². The molecular weight excluding hydrogens is 838 g/mol. The number of hydrogen-bond acceptors (Lipinski definition) is 3. The summed E-state index contributed by atoms with van der Waals surface area (Å²) in [4.78, 5) is 2.33. The van der Waals surface area contributed by atoms with Crippen LogP contribution in [0.2, 0.25) is 0 Å². The monoisotopic (exact) mass is 883 g/mol. The minimum atomic E-state index is 0. The van der Waals surface area contributed by atoms with Gasteiger partial charge in [-0.3, -0.25) is 0 Å². The molecule has 2 heterocycles. The molecule has 12 aromatic rings. The topological polar surface area (TPSA) is 25.6 Å². The van der Waals surface area contributed by atoms with Gasteiger partial charge in [0.25, 0.3) is 0 Å². The van der Waals surface area contributed by atoms with Crippen molar-refractivity contribution >= 4 is 72.9 Å². The van der Waals surface area contributed by atoms with Crippen LogP contribution >= 0.6 is 0 Å². The van der Waals surface area contributed by atoms with Gasteiger partial charge < -0.3 is 14.1 Å². The fourth-order valence-corrected chi connectivity index (χ4v) is 10.4. The van der Waals surface area contributed by atoms with Crippen LogP contribution in [0, 0.1) is 0 Å². The van der Waals surface area contributed by atoms with Crippen molar-refractivity contribution in [2.75, 3.05) is 4.90 Å². The molecule has 0 unspecified atom stereocenters. The van der Waals surface area contributed by atoms with E-state index in [9.17, 15) is 0 Å². The van der Waals surface area contributed by atoms with Crippen LogP contribution in [0.3, 0.4) is 0 Å². The van der Waals surface area contributed by atoms with Crippen LogP contribution < -0.4 is 26.0 Å². The molecule has 0 bridgehead atoms. The van der Waals surface area contributed by atoms with E-state index in [1.165, 1.54) is 38.5 Å². The molecule has 1 aromatic heterocycles. The number of rotatable bonds is 9. The molecule has 11 aromatic carbocycles. The Kier molecular flexibility index (Phi) is 10.5. The third-order valence-corrected chi connectivity index (χ3v) is 13.6. The van der Waals surface area contributed by atoms with Crippen molar-refractivity contribution in [3.63, 3.8) is 0 Å². The quantitative estimate of drug-likeness (QED) is 0.135. The highest BCUT2D eigenvalue weighted by Gasteiger charge is 2.26. The third-order valence-electron chi connectivity index (χ3n) is 13.6. The van der Waals surface area contributed by atoms with E-state index < -0.39 is 0 Å². The van der Waals surface area contributed by atoms with Crippen molar-refractivity contribution < 1.29 is 9.15 Å². The maximum Gasteiger partial charge on any atom is 0.241 e. The molecule has 0 fully saturated rings. The Morgan fingerprint density at radius 2 is 0.884 bits per heavy atom. The van der Waals surface area contributed by atoms with Gasteiger partial charge in [0.15, 0.2) is 5.58 Å². The second-order valence-corrected chi connectivity index (χ2v) is 17.5. The average Bonchev–Trinajstić information content (AvgIpc) is 3.80. The van der Waals surface area contributed by atoms with Gasteiger partial charge in [-0.15, -0.1) is 0 Å². The lowest BCUT2D eigenvalue weighted by atomic mass is 9.37. The Morgan fingerprint density at radius 1 is 0.333 bits per heavy atom. The molecule has 3 nitrogen and oxygen atoms in total. The summed E-state index contributed by atoms with van der Waals surface area (Å²) in [5.41, 5.74) is 17.7. The van der Waals surface area contributed by atoms with E-state index in [-0.39, 0.29) is 14.1 Å². The average molecular weight is 884 g/mol. The zero-order chi connectivity index (χ0) is 45.0. The van der Waals surface area contributed by atoms with Gasteiger partial charge in [0.2, 0.25) is 6.71 Å². The number of hydrogen-bond donors (Lipinski definition) is 0. The first kappa shape index (κ1) is 41.6. The lowest BCUT2D eigenvalue weighted by Gasteiger charge is -2.28. The standard InChI is InChI=1S/C64H42BNO2.CH4/c1-4-16-44(17-5-1)52-22-10-12-26-58(52)66(59-27-14-25-57-53-23-11-13-28-60(53)68-64(57)59)50-37-32-43(33-38-50)46-34-39-54-56-41-40-51(55-24-15-29-61(63(55)56)67-62(54)42-46)45-30-35-49(36-31-45)65(47-18-6-2-7-19-47)48-20-8-3-9-21-48;/h1-42H;1H4. The van der Waals surface area contributed by atoms with E-state index in [0.29, 0.717) is 0 Å². The predicted octanol–water partition coefficient (Wildman–Crippen LogP) is 16.1. The highest BCUT2D eigenvalue weighted by molar-refractivity contribution is 6.95. The lowest BCUT2D eigenvalue weighted by Crippen LogP contribution is -2.51. The van der Waals surface area contributed by atoms with Crippen molar-refractivity contribution in [1.82, 2.24) is 0 Å². The van der Waals surface area contributed by atoms with Gasteiger partial charge in [-0.25, -0.2) is 0 Å². The van der Waals surface area contributed by atoms with Crippen molar-refractivity contribution in [3.05, 3.63) is 255 Å². The van der Waals surface area contributed by atoms with E-state index in [2.05, 4.69) is 248 Å². The summed E-state index contributed by atoms with van der Waals surface area (Å²) in [7, 11) is 0. The lowest BCUT2D eigenvalue weighted by molar-refractivity contribution is 0.487. The van der Waals surface area contributed by atoms with Gasteiger partial charge >= 0.3 is 0 Å². The first-order chi connectivity index (χ1) is 33.7. The van der Waals surface area contributed by atoms with Crippen LogP contribution in [0.5, 0.6) is 11.5 Å². The van der Waals surface area contributed by atoms with E-state index in [0.717, 1.165) is 83.7 Å².